The molecule has 0 spiro atoms. The Balaban J connectivity index is 1.93. The van der Waals surface area contributed by atoms with Crippen molar-refractivity contribution >= 4 is 34.0 Å². The Kier molecular flexibility index (Phi) is 4.11. The Morgan fingerprint density at radius 2 is 1.90 bits per heavy atom. The summed E-state index contributed by atoms with van der Waals surface area (Å²) in [5, 5.41) is 13.6. The fourth-order valence-corrected chi connectivity index (χ4v) is 2.75. The maximum Gasteiger partial charge on any atom is 0.0836 e. The Bertz CT molecular complexity index is 783. The van der Waals surface area contributed by atoms with Crippen LogP contribution in [0.25, 0.3) is 10.8 Å². The molecule has 1 N–H and O–H groups in total. The first kappa shape index (κ1) is 14.3. The molecule has 0 radical (unpaired) electrons. The molecule has 3 rings (SSSR count). The Morgan fingerprint density at radius 3 is 2.71 bits per heavy atom. The predicted molar refractivity (Wildman–Crippen MR) is 86.9 cm³/mol. The SMILES string of the molecule is OC(Cc1ccc(Cl)c(Cl)c1)c1cccc2ccncc12. The molecule has 1 aromatic heterocycles. The van der Waals surface area contributed by atoms with Crippen molar-refractivity contribution in [1.29, 1.82) is 0 Å². The smallest absolute Gasteiger partial charge is 0.0836 e. The van der Waals surface area contributed by atoms with Crippen molar-refractivity contribution in [1.82, 2.24) is 4.98 Å². The molecular weight excluding hydrogens is 305 g/mol. The molecule has 1 unspecified atom stereocenters. The van der Waals surface area contributed by atoms with E-state index in [1.54, 1.807) is 24.5 Å². The van der Waals surface area contributed by atoms with Gasteiger partial charge in [0.1, 0.15) is 0 Å². The van der Waals surface area contributed by atoms with Crippen molar-refractivity contribution in [2.24, 2.45) is 0 Å². The fraction of sp³-hybridized carbons (Fsp3) is 0.118. The van der Waals surface area contributed by atoms with Crippen LogP contribution in [0.3, 0.4) is 0 Å². The molecule has 21 heavy (non-hydrogen) atoms. The molecule has 0 aliphatic carbocycles. The van der Waals surface area contributed by atoms with E-state index in [0.717, 1.165) is 21.9 Å². The van der Waals surface area contributed by atoms with Gasteiger partial charge in [-0.15, -0.1) is 0 Å². The third-order valence-electron chi connectivity index (χ3n) is 3.49. The normalized spacial score (nSPS) is 12.5. The van der Waals surface area contributed by atoms with E-state index < -0.39 is 6.10 Å². The molecule has 0 amide bonds. The number of benzene rings is 2. The number of aliphatic hydroxyl groups excluding tert-OH is 1. The van der Waals surface area contributed by atoms with Gasteiger partial charge in [-0.3, -0.25) is 4.98 Å². The second kappa shape index (κ2) is 6.02. The molecule has 0 aliphatic heterocycles. The van der Waals surface area contributed by atoms with Gasteiger partial charge in [0.25, 0.3) is 0 Å². The number of nitrogens with zero attached hydrogens (tertiary/aromatic N) is 1. The van der Waals surface area contributed by atoms with Gasteiger partial charge >= 0.3 is 0 Å². The molecule has 0 aliphatic rings. The zero-order valence-corrected chi connectivity index (χ0v) is 12.6. The van der Waals surface area contributed by atoms with Crippen molar-refractivity contribution in [2.45, 2.75) is 12.5 Å². The highest BCUT2D eigenvalue weighted by atomic mass is 35.5. The lowest BCUT2D eigenvalue weighted by atomic mass is 9.97. The first-order valence-corrected chi connectivity index (χ1v) is 7.35. The molecule has 0 saturated heterocycles. The van der Waals surface area contributed by atoms with Crippen molar-refractivity contribution in [2.75, 3.05) is 0 Å². The van der Waals surface area contributed by atoms with Gasteiger partial charge in [-0.25, -0.2) is 0 Å². The summed E-state index contributed by atoms with van der Waals surface area (Å²) in [5.41, 5.74) is 1.81. The Labute approximate surface area is 133 Å². The lowest BCUT2D eigenvalue weighted by Crippen LogP contribution is -2.02. The molecule has 1 atom stereocenters. The van der Waals surface area contributed by atoms with E-state index in [0.29, 0.717) is 16.5 Å². The van der Waals surface area contributed by atoms with Gasteiger partial charge in [-0.1, -0.05) is 47.5 Å². The number of hydrogen-bond donors (Lipinski definition) is 1. The summed E-state index contributed by atoms with van der Waals surface area (Å²) in [7, 11) is 0. The largest absolute Gasteiger partial charge is 0.388 e. The van der Waals surface area contributed by atoms with Crippen LogP contribution in [0.5, 0.6) is 0 Å². The highest BCUT2D eigenvalue weighted by molar-refractivity contribution is 6.42. The first-order chi connectivity index (χ1) is 10.1. The molecule has 4 heteroatoms. The van der Waals surface area contributed by atoms with Crippen LogP contribution in [0.4, 0.5) is 0 Å². The Hall–Kier alpha value is -1.61. The van der Waals surface area contributed by atoms with Gasteiger partial charge in [-0.2, -0.15) is 0 Å². The molecule has 2 nitrogen and oxygen atoms in total. The second-order valence-electron chi connectivity index (χ2n) is 4.91. The summed E-state index contributed by atoms with van der Waals surface area (Å²) in [6.45, 7) is 0. The van der Waals surface area contributed by atoms with Crippen LogP contribution < -0.4 is 0 Å². The van der Waals surface area contributed by atoms with Gasteiger partial charge in [-0.05, 0) is 34.7 Å². The van der Waals surface area contributed by atoms with Gasteiger partial charge in [0.05, 0.1) is 16.1 Å². The summed E-state index contributed by atoms with van der Waals surface area (Å²) in [6, 6.07) is 13.2. The maximum absolute atomic E-state index is 10.5. The zero-order valence-electron chi connectivity index (χ0n) is 11.1. The summed E-state index contributed by atoms with van der Waals surface area (Å²) in [6.07, 6.45) is 3.39. The molecule has 3 aromatic rings. The quantitative estimate of drug-likeness (QED) is 0.751. The number of pyridine rings is 1. The predicted octanol–water partition coefficient (Wildman–Crippen LogP) is 4.82. The molecule has 1 heterocycles. The lowest BCUT2D eigenvalue weighted by Gasteiger charge is -2.14. The molecular formula is C17H13Cl2NO. The lowest BCUT2D eigenvalue weighted by molar-refractivity contribution is 0.180. The van der Waals surface area contributed by atoms with E-state index in [-0.39, 0.29) is 0 Å². The highest BCUT2D eigenvalue weighted by Gasteiger charge is 2.12. The van der Waals surface area contributed by atoms with Gasteiger partial charge < -0.3 is 5.11 Å². The third kappa shape index (κ3) is 3.03. The minimum Gasteiger partial charge on any atom is -0.388 e. The van der Waals surface area contributed by atoms with Crippen LogP contribution in [0.1, 0.15) is 17.2 Å². The molecule has 106 valence electrons. The van der Waals surface area contributed by atoms with Crippen molar-refractivity contribution in [3.8, 4) is 0 Å². The standard InChI is InChI=1S/C17H13Cl2NO/c18-15-5-4-11(8-16(15)19)9-17(21)13-3-1-2-12-6-7-20-10-14(12)13/h1-8,10,17,21H,9H2. The molecule has 2 aromatic carbocycles. The average molecular weight is 318 g/mol. The molecule has 0 bridgehead atoms. The molecule has 0 saturated carbocycles. The number of fused-ring (bicyclic) bond motifs is 1. The van der Waals surface area contributed by atoms with E-state index in [1.807, 2.05) is 30.3 Å². The Morgan fingerprint density at radius 1 is 1.05 bits per heavy atom. The monoisotopic (exact) mass is 317 g/mol. The zero-order chi connectivity index (χ0) is 14.8. The van der Waals surface area contributed by atoms with E-state index >= 15 is 0 Å². The number of hydrogen-bond acceptors (Lipinski definition) is 2. The van der Waals surface area contributed by atoms with Crippen LogP contribution in [-0.4, -0.2) is 10.1 Å². The summed E-state index contributed by atoms with van der Waals surface area (Å²) in [5.74, 6) is 0. The number of aliphatic hydroxyl groups is 1. The second-order valence-corrected chi connectivity index (χ2v) is 5.73. The summed E-state index contributed by atoms with van der Waals surface area (Å²) in [4.78, 5) is 4.14. The van der Waals surface area contributed by atoms with E-state index in [9.17, 15) is 5.11 Å². The van der Waals surface area contributed by atoms with Crippen molar-refractivity contribution < 1.29 is 5.11 Å². The summed E-state index contributed by atoms with van der Waals surface area (Å²) < 4.78 is 0. The van der Waals surface area contributed by atoms with Gasteiger partial charge in [0.2, 0.25) is 0 Å². The van der Waals surface area contributed by atoms with Crippen molar-refractivity contribution in [3.05, 3.63) is 76.0 Å². The minimum atomic E-state index is -0.616. The van der Waals surface area contributed by atoms with E-state index in [2.05, 4.69) is 4.98 Å². The van der Waals surface area contributed by atoms with Crippen LogP contribution >= 0.6 is 23.2 Å². The number of rotatable bonds is 3. The molecule has 0 fully saturated rings. The highest BCUT2D eigenvalue weighted by Crippen LogP contribution is 2.28. The van der Waals surface area contributed by atoms with Crippen LogP contribution in [0, 0.1) is 0 Å². The topological polar surface area (TPSA) is 33.1 Å². The van der Waals surface area contributed by atoms with E-state index in [4.69, 9.17) is 23.2 Å². The van der Waals surface area contributed by atoms with Crippen LogP contribution in [-0.2, 0) is 6.42 Å². The number of halogens is 2. The van der Waals surface area contributed by atoms with Crippen LogP contribution in [0.15, 0.2) is 54.9 Å². The van der Waals surface area contributed by atoms with E-state index in [1.165, 1.54) is 0 Å². The van der Waals surface area contributed by atoms with Crippen LogP contribution in [0.2, 0.25) is 10.0 Å². The average Bonchev–Trinajstić information content (AvgIpc) is 2.50. The minimum absolute atomic E-state index is 0.477. The third-order valence-corrected chi connectivity index (χ3v) is 4.23. The summed E-state index contributed by atoms with van der Waals surface area (Å²) >= 11 is 11.9. The van der Waals surface area contributed by atoms with Gasteiger partial charge in [0.15, 0.2) is 0 Å². The number of aromatic nitrogens is 1. The van der Waals surface area contributed by atoms with Crippen molar-refractivity contribution in [3.63, 3.8) is 0 Å². The van der Waals surface area contributed by atoms with Gasteiger partial charge in [0, 0.05) is 24.2 Å². The first-order valence-electron chi connectivity index (χ1n) is 6.60. The maximum atomic E-state index is 10.5. The fourth-order valence-electron chi connectivity index (χ4n) is 2.43.